The van der Waals surface area contributed by atoms with Crippen molar-refractivity contribution in [3.8, 4) is 5.69 Å². The van der Waals surface area contributed by atoms with Crippen LogP contribution < -0.4 is 5.73 Å². The molecule has 0 aliphatic carbocycles. The SMILES string of the molecule is NC(=O)c1cnn(Cc2nnnn2-c2ccccc2)c1. The van der Waals surface area contributed by atoms with Crippen LogP contribution in [0.15, 0.2) is 42.7 Å². The Morgan fingerprint density at radius 3 is 2.75 bits per heavy atom. The number of para-hydroxylation sites is 1. The van der Waals surface area contributed by atoms with Gasteiger partial charge in [0.15, 0.2) is 5.82 Å². The van der Waals surface area contributed by atoms with Crippen LogP contribution in [0.1, 0.15) is 16.2 Å². The number of tetrazole rings is 1. The van der Waals surface area contributed by atoms with Crippen LogP contribution in [0.25, 0.3) is 5.69 Å². The quantitative estimate of drug-likeness (QED) is 0.718. The second-order valence-corrected chi connectivity index (χ2v) is 4.13. The summed E-state index contributed by atoms with van der Waals surface area (Å²) < 4.78 is 3.18. The third kappa shape index (κ3) is 2.26. The summed E-state index contributed by atoms with van der Waals surface area (Å²) in [5.74, 6) is 0.0919. The summed E-state index contributed by atoms with van der Waals surface area (Å²) in [7, 11) is 0. The van der Waals surface area contributed by atoms with Crippen molar-refractivity contribution in [2.75, 3.05) is 0 Å². The maximum Gasteiger partial charge on any atom is 0.251 e. The van der Waals surface area contributed by atoms with E-state index in [-0.39, 0.29) is 0 Å². The largest absolute Gasteiger partial charge is 0.366 e. The minimum Gasteiger partial charge on any atom is -0.366 e. The summed E-state index contributed by atoms with van der Waals surface area (Å²) in [5.41, 5.74) is 6.39. The van der Waals surface area contributed by atoms with Crippen molar-refractivity contribution < 1.29 is 4.79 Å². The van der Waals surface area contributed by atoms with Crippen molar-refractivity contribution >= 4 is 5.91 Å². The van der Waals surface area contributed by atoms with E-state index in [1.165, 1.54) is 6.20 Å². The zero-order valence-corrected chi connectivity index (χ0v) is 10.4. The van der Waals surface area contributed by atoms with Gasteiger partial charge in [-0.15, -0.1) is 5.10 Å². The fourth-order valence-electron chi connectivity index (χ4n) is 1.80. The molecule has 0 bridgehead atoms. The molecule has 20 heavy (non-hydrogen) atoms. The molecule has 0 unspecified atom stereocenters. The second kappa shape index (κ2) is 4.92. The van der Waals surface area contributed by atoms with Gasteiger partial charge in [-0.05, 0) is 22.6 Å². The predicted molar refractivity (Wildman–Crippen MR) is 69.0 cm³/mol. The van der Waals surface area contributed by atoms with Crippen LogP contribution in [0.5, 0.6) is 0 Å². The van der Waals surface area contributed by atoms with E-state index in [0.717, 1.165) is 5.69 Å². The lowest BCUT2D eigenvalue weighted by atomic mass is 10.3. The topological polar surface area (TPSA) is 105 Å². The van der Waals surface area contributed by atoms with Crippen LogP contribution >= 0.6 is 0 Å². The molecule has 1 amide bonds. The lowest BCUT2D eigenvalue weighted by molar-refractivity contribution is 0.1000. The number of aromatic nitrogens is 6. The Morgan fingerprint density at radius 2 is 2.05 bits per heavy atom. The van der Waals surface area contributed by atoms with Crippen LogP contribution in [0.3, 0.4) is 0 Å². The van der Waals surface area contributed by atoms with Crippen molar-refractivity contribution in [1.82, 2.24) is 30.0 Å². The lowest BCUT2D eigenvalue weighted by Gasteiger charge is -2.04. The lowest BCUT2D eigenvalue weighted by Crippen LogP contribution is -2.11. The number of primary amides is 1. The van der Waals surface area contributed by atoms with E-state index in [1.54, 1.807) is 15.6 Å². The van der Waals surface area contributed by atoms with Crippen molar-refractivity contribution in [2.24, 2.45) is 5.73 Å². The molecule has 0 aliphatic heterocycles. The van der Waals surface area contributed by atoms with Gasteiger partial charge in [0.25, 0.3) is 5.91 Å². The van der Waals surface area contributed by atoms with Gasteiger partial charge >= 0.3 is 0 Å². The van der Waals surface area contributed by atoms with Crippen molar-refractivity contribution in [2.45, 2.75) is 6.54 Å². The van der Waals surface area contributed by atoms with Gasteiger partial charge in [0.1, 0.15) is 6.54 Å². The van der Waals surface area contributed by atoms with Crippen molar-refractivity contribution in [3.63, 3.8) is 0 Å². The molecule has 0 fully saturated rings. The Hall–Kier alpha value is -3.03. The predicted octanol–water partition coefficient (Wildman–Crippen LogP) is 0.00600. The first-order valence-electron chi connectivity index (χ1n) is 5.89. The highest BCUT2D eigenvalue weighted by molar-refractivity contribution is 5.92. The molecule has 2 heterocycles. The Morgan fingerprint density at radius 1 is 1.25 bits per heavy atom. The Balaban J connectivity index is 1.88. The van der Waals surface area contributed by atoms with Crippen LogP contribution in [-0.4, -0.2) is 35.9 Å². The fourth-order valence-corrected chi connectivity index (χ4v) is 1.80. The van der Waals surface area contributed by atoms with Gasteiger partial charge in [-0.2, -0.15) is 9.78 Å². The van der Waals surface area contributed by atoms with Gasteiger partial charge < -0.3 is 5.73 Å². The van der Waals surface area contributed by atoms with Crippen LogP contribution in [0, 0.1) is 0 Å². The molecule has 8 nitrogen and oxygen atoms in total. The molecule has 1 aromatic carbocycles. The Kier molecular flexibility index (Phi) is 2.96. The number of nitrogens with two attached hydrogens (primary N) is 1. The summed E-state index contributed by atoms with van der Waals surface area (Å²) in [5, 5.41) is 15.6. The maximum atomic E-state index is 11.0. The molecule has 3 rings (SSSR count). The van der Waals surface area contributed by atoms with Crippen LogP contribution in [-0.2, 0) is 6.54 Å². The highest BCUT2D eigenvalue weighted by Gasteiger charge is 2.10. The third-order valence-corrected chi connectivity index (χ3v) is 2.76. The maximum absolute atomic E-state index is 11.0. The van der Waals surface area contributed by atoms with Gasteiger partial charge in [-0.1, -0.05) is 18.2 Å². The first-order valence-corrected chi connectivity index (χ1v) is 5.89. The third-order valence-electron chi connectivity index (χ3n) is 2.76. The minimum absolute atomic E-state index is 0.342. The molecular formula is C12H11N7O. The molecular weight excluding hydrogens is 258 g/mol. The summed E-state index contributed by atoms with van der Waals surface area (Å²) in [6.07, 6.45) is 2.98. The second-order valence-electron chi connectivity index (χ2n) is 4.13. The number of carbonyl (C=O) groups is 1. The van der Waals surface area contributed by atoms with Crippen molar-refractivity contribution in [3.05, 3.63) is 54.1 Å². The number of carbonyl (C=O) groups excluding carboxylic acids is 1. The van der Waals surface area contributed by atoms with Crippen LogP contribution in [0.2, 0.25) is 0 Å². The number of hydrogen-bond acceptors (Lipinski definition) is 5. The zero-order valence-electron chi connectivity index (χ0n) is 10.4. The highest BCUT2D eigenvalue weighted by Crippen LogP contribution is 2.08. The minimum atomic E-state index is -0.515. The van der Waals surface area contributed by atoms with E-state index in [0.29, 0.717) is 17.9 Å². The zero-order chi connectivity index (χ0) is 13.9. The Labute approximate surface area is 113 Å². The molecule has 0 saturated heterocycles. The van der Waals surface area contributed by atoms with E-state index >= 15 is 0 Å². The van der Waals surface area contributed by atoms with Gasteiger partial charge in [0.2, 0.25) is 0 Å². The van der Waals surface area contributed by atoms with E-state index in [1.807, 2.05) is 30.3 Å². The summed E-state index contributed by atoms with van der Waals surface area (Å²) >= 11 is 0. The highest BCUT2D eigenvalue weighted by atomic mass is 16.1. The first-order chi connectivity index (χ1) is 9.74. The monoisotopic (exact) mass is 269 g/mol. The average Bonchev–Trinajstić information content (AvgIpc) is 3.09. The normalized spacial score (nSPS) is 10.6. The first kappa shape index (κ1) is 12.0. The number of nitrogens with zero attached hydrogens (tertiary/aromatic N) is 6. The number of hydrogen-bond donors (Lipinski definition) is 1. The fraction of sp³-hybridized carbons (Fsp3) is 0.0833. The molecule has 2 aromatic heterocycles. The Bertz CT molecular complexity index is 731. The molecule has 0 radical (unpaired) electrons. The number of benzene rings is 1. The van der Waals surface area contributed by atoms with E-state index in [4.69, 9.17) is 5.73 Å². The van der Waals surface area contributed by atoms with E-state index < -0.39 is 5.91 Å². The molecule has 0 aliphatic rings. The average molecular weight is 269 g/mol. The molecule has 100 valence electrons. The summed E-state index contributed by atoms with van der Waals surface area (Å²) in [6, 6.07) is 9.52. The van der Waals surface area contributed by atoms with Gasteiger partial charge in [-0.3, -0.25) is 9.48 Å². The van der Waals surface area contributed by atoms with Gasteiger partial charge in [0.05, 0.1) is 17.4 Å². The van der Waals surface area contributed by atoms with Gasteiger partial charge in [0, 0.05) is 6.20 Å². The molecule has 0 spiro atoms. The summed E-state index contributed by atoms with van der Waals surface area (Å²) in [6.45, 7) is 0.342. The molecule has 8 heteroatoms. The van der Waals surface area contributed by atoms with Gasteiger partial charge in [-0.25, -0.2) is 0 Å². The number of rotatable bonds is 4. The van der Waals surface area contributed by atoms with E-state index in [9.17, 15) is 4.79 Å². The molecule has 0 atom stereocenters. The molecule has 0 saturated carbocycles. The van der Waals surface area contributed by atoms with E-state index in [2.05, 4.69) is 20.6 Å². The number of amides is 1. The van der Waals surface area contributed by atoms with Crippen molar-refractivity contribution in [1.29, 1.82) is 0 Å². The van der Waals surface area contributed by atoms with Crippen LogP contribution in [0.4, 0.5) is 0 Å². The smallest absolute Gasteiger partial charge is 0.251 e. The standard InChI is InChI=1S/C12H11N7O/c13-12(20)9-6-14-18(7-9)8-11-15-16-17-19(11)10-4-2-1-3-5-10/h1-7H,8H2,(H2,13,20). The molecule has 3 aromatic rings. The molecule has 2 N–H and O–H groups in total. The summed E-state index contributed by atoms with van der Waals surface area (Å²) in [4.78, 5) is 11.0.